The molecule has 27 heavy (non-hydrogen) atoms. The van der Waals surface area contributed by atoms with Crippen molar-refractivity contribution in [2.45, 2.75) is 19.4 Å². The van der Waals surface area contributed by atoms with Crippen molar-refractivity contribution in [1.82, 2.24) is 4.90 Å². The van der Waals surface area contributed by atoms with Crippen molar-refractivity contribution in [3.63, 3.8) is 0 Å². The number of carbonyl (C=O) groups excluding carboxylic acids is 2. The topological polar surface area (TPSA) is 40.6 Å². The van der Waals surface area contributed by atoms with Crippen molar-refractivity contribution in [2.75, 3.05) is 18.0 Å². The van der Waals surface area contributed by atoms with Crippen LogP contribution in [0.5, 0.6) is 0 Å². The molecular formula is C21H19ClN2O2S. The fourth-order valence-corrected chi connectivity index (χ4v) is 4.38. The van der Waals surface area contributed by atoms with Crippen molar-refractivity contribution in [3.8, 4) is 0 Å². The average Bonchev–Trinajstić information content (AvgIpc) is 3.29. The van der Waals surface area contributed by atoms with Crippen LogP contribution >= 0.6 is 23.4 Å². The van der Waals surface area contributed by atoms with Crippen LogP contribution in [0.2, 0.25) is 5.02 Å². The van der Waals surface area contributed by atoms with Crippen molar-refractivity contribution in [1.29, 1.82) is 0 Å². The third kappa shape index (κ3) is 3.89. The van der Waals surface area contributed by atoms with Gasteiger partial charge in [-0.25, -0.2) is 0 Å². The number of rotatable bonds is 4. The zero-order chi connectivity index (χ0) is 18.8. The predicted octanol–water partition coefficient (Wildman–Crippen LogP) is 5.18. The minimum absolute atomic E-state index is 0.190. The summed E-state index contributed by atoms with van der Waals surface area (Å²) >= 11 is 7.13. The number of thioether (sulfide) groups is 1. The Kier molecular flexibility index (Phi) is 5.23. The molecule has 0 aromatic heterocycles. The lowest BCUT2D eigenvalue weighted by Gasteiger charge is -2.17. The molecule has 2 aliphatic rings. The van der Waals surface area contributed by atoms with Gasteiger partial charge in [-0.2, -0.15) is 0 Å². The highest BCUT2D eigenvalue weighted by molar-refractivity contribution is 8.18. The number of imide groups is 1. The van der Waals surface area contributed by atoms with E-state index in [1.807, 2.05) is 30.3 Å². The largest absolute Gasteiger partial charge is 0.372 e. The van der Waals surface area contributed by atoms with Gasteiger partial charge in [-0.15, -0.1) is 0 Å². The van der Waals surface area contributed by atoms with Gasteiger partial charge in [-0.1, -0.05) is 41.9 Å². The summed E-state index contributed by atoms with van der Waals surface area (Å²) in [5, 5.41) is 0.290. The highest BCUT2D eigenvalue weighted by Crippen LogP contribution is 2.34. The van der Waals surface area contributed by atoms with Crippen molar-refractivity contribution < 1.29 is 9.59 Å². The lowest BCUT2D eigenvalue weighted by Crippen LogP contribution is -2.27. The summed E-state index contributed by atoms with van der Waals surface area (Å²) in [6, 6.07) is 15.4. The van der Waals surface area contributed by atoms with Crippen LogP contribution < -0.4 is 4.90 Å². The first-order valence-corrected chi connectivity index (χ1v) is 10.1. The van der Waals surface area contributed by atoms with Gasteiger partial charge in [0.15, 0.2) is 0 Å². The van der Waals surface area contributed by atoms with Crippen LogP contribution in [0.25, 0.3) is 6.08 Å². The summed E-state index contributed by atoms with van der Waals surface area (Å²) in [6.45, 7) is 2.39. The van der Waals surface area contributed by atoms with Crippen LogP contribution in [0.1, 0.15) is 24.0 Å². The highest BCUT2D eigenvalue weighted by Gasteiger charge is 2.35. The summed E-state index contributed by atoms with van der Waals surface area (Å²) in [4.78, 5) is 29.0. The molecule has 4 nitrogen and oxygen atoms in total. The Labute approximate surface area is 167 Å². The Morgan fingerprint density at radius 2 is 1.70 bits per heavy atom. The molecule has 2 heterocycles. The quantitative estimate of drug-likeness (QED) is 0.665. The molecule has 0 bridgehead atoms. The van der Waals surface area contributed by atoms with Crippen molar-refractivity contribution in [2.24, 2.45) is 0 Å². The van der Waals surface area contributed by atoms with E-state index in [0.717, 1.165) is 36.0 Å². The van der Waals surface area contributed by atoms with E-state index >= 15 is 0 Å². The summed E-state index contributed by atoms with van der Waals surface area (Å²) in [5.41, 5.74) is 2.88. The van der Waals surface area contributed by atoms with E-state index in [1.165, 1.54) is 23.4 Å². The Balaban J connectivity index is 1.50. The number of amides is 2. The van der Waals surface area contributed by atoms with E-state index in [9.17, 15) is 9.59 Å². The SMILES string of the molecule is O=C1S/C(=C/c2ccc(N3CCCC3)cc2)C(=O)N1Cc1ccccc1Cl. The molecule has 0 atom stereocenters. The minimum Gasteiger partial charge on any atom is -0.372 e. The van der Waals surface area contributed by atoms with Gasteiger partial charge in [0, 0.05) is 23.8 Å². The Morgan fingerprint density at radius 1 is 1.00 bits per heavy atom. The van der Waals surface area contributed by atoms with Gasteiger partial charge in [0.2, 0.25) is 0 Å². The second-order valence-electron chi connectivity index (χ2n) is 6.64. The lowest BCUT2D eigenvalue weighted by atomic mass is 10.1. The second kappa shape index (κ2) is 7.79. The fourth-order valence-electron chi connectivity index (χ4n) is 3.34. The van der Waals surface area contributed by atoms with Crippen molar-refractivity contribution >= 4 is 46.3 Å². The maximum absolute atomic E-state index is 12.7. The van der Waals surface area contributed by atoms with Gasteiger partial charge in [-0.3, -0.25) is 14.5 Å². The average molecular weight is 399 g/mol. The number of hydrogen-bond donors (Lipinski definition) is 0. The number of hydrogen-bond acceptors (Lipinski definition) is 4. The normalized spacial score (nSPS) is 18.8. The number of nitrogens with zero attached hydrogens (tertiary/aromatic N) is 2. The fraction of sp³-hybridized carbons (Fsp3) is 0.238. The molecule has 0 unspecified atom stereocenters. The predicted molar refractivity (Wildman–Crippen MR) is 111 cm³/mol. The minimum atomic E-state index is -0.270. The molecule has 0 radical (unpaired) electrons. The lowest BCUT2D eigenvalue weighted by molar-refractivity contribution is -0.123. The van der Waals surface area contributed by atoms with Crippen LogP contribution in [0.3, 0.4) is 0 Å². The van der Waals surface area contributed by atoms with Gasteiger partial charge in [-0.05, 0) is 60.0 Å². The highest BCUT2D eigenvalue weighted by atomic mass is 35.5. The molecule has 2 aliphatic heterocycles. The zero-order valence-corrected chi connectivity index (χ0v) is 16.3. The molecular weight excluding hydrogens is 380 g/mol. The van der Waals surface area contributed by atoms with Crippen LogP contribution in [0.15, 0.2) is 53.4 Å². The van der Waals surface area contributed by atoms with Crippen LogP contribution in [-0.2, 0) is 11.3 Å². The maximum atomic E-state index is 12.7. The number of benzene rings is 2. The Hall–Kier alpha value is -2.24. The molecule has 2 fully saturated rings. The van der Waals surface area contributed by atoms with Gasteiger partial charge in [0.1, 0.15) is 0 Å². The maximum Gasteiger partial charge on any atom is 0.293 e. The third-order valence-electron chi connectivity index (χ3n) is 4.82. The van der Waals surface area contributed by atoms with Crippen LogP contribution in [-0.4, -0.2) is 29.1 Å². The molecule has 2 aromatic carbocycles. The van der Waals surface area contributed by atoms with Gasteiger partial charge < -0.3 is 4.90 Å². The molecule has 2 amide bonds. The van der Waals surface area contributed by atoms with E-state index < -0.39 is 0 Å². The van der Waals surface area contributed by atoms with Crippen LogP contribution in [0.4, 0.5) is 10.5 Å². The number of halogens is 1. The monoisotopic (exact) mass is 398 g/mol. The van der Waals surface area contributed by atoms with Gasteiger partial charge >= 0.3 is 0 Å². The van der Waals surface area contributed by atoms with Crippen LogP contribution in [0, 0.1) is 0 Å². The molecule has 0 spiro atoms. The first-order valence-electron chi connectivity index (χ1n) is 8.95. The Bertz CT molecular complexity index is 905. The molecule has 2 aromatic rings. The first-order chi connectivity index (χ1) is 13.1. The van der Waals surface area contributed by atoms with Gasteiger partial charge in [0.05, 0.1) is 11.4 Å². The molecule has 2 saturated heterocycles. The second-order valence-corrected chi connectivity index (χ2v) is 8.05. The van der Waals surface area contributed by atoms with Crippen molar-refractivity contribution in [3.05, 3.63) is 69.6 Å². The van der Waals surface area contributed by atoms with E-state index in [0.29, 0.717) is 9.93 Å². The standard InChI is InChI=1S/C21H19ClN2O2S/c22-18-6-2-1-5-16(18)14-24-20(25)19(27-21(24)26)13-15-7-9-17(10-8-15)23-11-3-4-12-23/h1-2,5-10,13H,3-4,11-12,14H2/b19-13+. The molecule has 138 valence electrons. The molecule has 6 heteroatoms. The third-order valence-corrected chi connectivity index (χ3v) is 6.10. The molecule has 0 saturated carbocycles. The zero-order valence-electron chi connectivity index (χ0n) is 14.7. The summed E-state index contributed by atoms with van der Waals surface area (Å²) in [7, 11) is 0. The summed E-state index contributed by atoms with van der Waals surface area (Å²) < 4.78 is 0. The molecule has 0 aliphatic carbocycles. The van der Waals surface area contributed by atoms with E-state index in [4.69, 9.17) is 11.6 Å². The van der Waals surface area contributed by atoms with E-state index in [-0.39, 0.29) is 17.7 Å². The first kappa shape index (κ1) is 18.1. The Morgan fingerprint density at radius 3 is 2.41 bits per heavy atom. The molecule has 4 rings (SSSR count). The summed E-state index contributed by atoms with van der Waals surface area (Å²) in [6.07, 6.45) is 4.26. The summed E-state index contributed by atoms with van der Waals surface area (Å²) in [5.74, 6) is -0.270. The van der Waals surface area contributed by atoms with Gasteiger partial charge in [0.25, 0.3) is 11.1 Å². The van der Waals surface area contributed by atoms with E-state index in [1.54, 1.807) is 12.1 Å². The number of carbonyl (C=O) groups is 2. The molecule has 0 N–H and O–H groups in total. The smallest absolute Gasteiger partial charge is 0.293 e. The number of anilines is 1. The van der Waals surface area contributed by atoms with E-state index in [2.05, 4.69) is 17.0 Å².